The number of likely N-dealkylation sites (tertiary alicyclic amines) is 1. The number of carboxylic acids is 1. The van der Waals surface area contributed by atoms with Gasteiger partial charge in [0.1, 0.15) is 12.3 Å². The lowest BCUT2D eigenvalue weighted by molar-refractivity contribution is -0.143. The zero-order valence-electron chi connectivity index (χ0n) is 13.9. The molecule has 1 atom stereocenters. The number of carboxylic acid groups (broad SMARTS) is 1. The molecule has 134 valence electrons. The average Bonchev–Trinajstić information content (AvgIpc) is 2.58. The third kappa shape index (κ3) is 6.47. The molecule has 6 nitrogen and oxygen atoms in total. The number of rotatable bonds is 8. The number of nitrogens with zero attached hydrogens (tertiary/aromatic N) is 2. The van der Waals surface area contributed by atoms with Gasteiger partial charge in [-0.2, -0.15) is 0 Å². The van der Waals surface area contributed by atoms with Crippen LogP contribution >= 0.6 is 12.4 Å². The van der Waals surface area contributed by atoms with Crippen molar-refractivity contribution in [1.82, 2.24) is 4.90 Å². The molecule has 1 aromatic carbocycles. The Balaban J connectivity index is 0.00000288. The normalized spacial score (nSPS) is 18.7. The number of methoxy groups -OCH3 is 1. The zero-order chi connectivity index (χ0) is 16.5. The number of carbonyl (C=O) groups is 1. The first-order chi connectivity index (χ1) is 11.2. The predicted molar refractivity (Wildman–Crippen MR) is 94.9 cm³/mol. The van der Waals surface area contributed by atoms with Crippen LogP contribution in [0.15, 0.2) is 35.5 Å². The summed E-state index contributed by atoms with van der Waals surface area (Å²) in [6.07, 6.45) is 1.68. The number of halogens is 1. The lowest BCUT2D eigenvalue weighted by Crippen LogP contribution is -2.40. The van der Waals surface area contributed by atoms with Gasteiger partial charge in [0.05, 0.1) is 12.5 Å². The molecule has 1 saturated heterocycles. The van der Waals surface area contributed by atoms with Crippen molar-refractivity contribution < 1.29 is 19.5 Å². The van der Waals surface area contributed by atoms with Crippen molar-refractivity contribution in [3.05, 3.63) is 35.9 Å². The Hall–Kier alpha value is -1.63. The average molecular weight is 357 g/mol. The van der Waals surface area contributed by atoms with E-state index < -0.39 is 5.97 Å². The molecule has 0 aromatic heterocycles. The molecular weight excluding hydrogens is 332 g/mol. The molecule has 1 aliphatic heterocycles. The van der Waals surface area contributed by atoms with E-state index in [1.165, 1.54) is 0 Å². The number of hydrogen-bond acceptors (Lipinski definition) is 5. The summed E-state index contributed by atoms with van der Waals surface area (Å²) >= 11 is 0. The Labute approximate surface area is 148 Å². The molecule has 0 spiro atoms. The highest BCUT2D eigenvalue weighted by molar-refractivity contribution is 6.01. The summed E-state index contributed by atoms with van der Waals surface area (Å²) < 4.78 is 5.16. The van der Waals surface area contributed by atoms with Crippen LogP contribution in [0.2, 0.25) is 0 Å². The van der Waals surface area contributed by atoms with Crippen LogP contribution in [0.4, 0.5) is 0 Å². The molecule has 1 fully saturated rings. The quantitative estimate of drug-likeness (QED) is 0.439. The van der Waals surface area contributed by atoms with Gasteiger partial charge in [0, 0.05) is 25.8 Å². The highest BCUT2D eigenvalue weighted by Crippen LogP contribution is 2.16. The first-order valence-corrected chi connectivity index (χ1v) is 7.89. The topological polar surface area (TPSA) is 71.4 Å². The molecular formula is C17H25ClN2O4. The second-order valence-electron chi connectivity index (χ2n) is 5.65. The summed E-state index contributed by atoms with van der Waals surface area (Å²) in [7, 11) is 1.62. The standard InChI is InChI=1S/C17H24N2O4.ClH/c1-22-13-16(14-6-3-2-4-7-14)18-23-11-10-19-9-5-8-15(12-19)17(20)21;/h2-4,6-7,15H,5,8-13H2,1H3,(H,20,21);1H/t15-;/m1./s1. The van der Waals surface area contributed by atoms with Crippen LogP contribution in [0.3, 0.4) is 0 Å². The molecule has 0 radical (unpaired) electrons. The molecule has 0 unspecified atom stereocenters. The van der Waals surface area contributed by atoms with Gasteiger partial charge >= 0.3 is 5.97 Å². The van der Waals surface area contributed by atoms with Gasteiger partial charge in [-0.25, -0.2) is 0 Å². The second-order valence-corrected chi connectivity index (χ2v) is 5.65. The summed E-state index contributed by atoms with van der Waals surface area (Å²) in [6, 6.07) is 9.76. The predicted octanol–water partition coefficient (Wildman–Crippen LogP) is 2.27. The van der Waals surface area contributed by atoms with Gasteiger partial charge in [-0.3, -0.25) is 9.69 Å². The molecule has 7 heteroatoms. The molecule has 0 amide bonds. The number of aliphatic carboxylic acids is 1. The second kappa shape index (κ2) is 11.0. The van der Waals surface area contributed by atoms with E-state index in [1.807, 2.05) is 30.3 Å². The van der Waals surface area contributed by atoms with Crippen molar-refractivity contribution in [3.63, 3.8) is 0 Å². The maximum absolute atomic E-state index is 11.1. The number of piperidine rings is 1. The largest absolute Gasteiger partial charge is 0.481 e. The van der Waals surface area contributed by atoms with Crippen molar-refractivity contribution >= 4 is 24.1 Å². The van der Waals surface area contributed by atoms with Crippen molar-refractivity contribution in [2.24, 2.45) is 11.1 Å². The monoisotopic (exact) mass is 356 g/mol. The van der Waals surface area contributed by atoms with E-state index in [9.17, 15) is 4.79 Å². The van der Waals surface area contributed by atoms with E-state index in [4.69, 9.17) is 14.7 Å². The fourth-order valence-electron chi connectivity index (χ4n) is 2.68. The first kappa shape index (κ1) is 20.4. The zero-order valence-corrected chi connectivity index (χ0v) is 14.7. The van der Waals surface area contributed by atoms with Gasteiger partial charge in [-0.1, -0.05) is 35.5 Å². The highest BCUT2D eigenvalue weighted by atomic mass is 35.5. The van der Waals surface area contributed by atoms with E-state index in [0.717, 1.165) is 30.7 Å². The highest BCUT2D eigenvalue weighted by Gasteiger charge is 2.24. The fraction of sp³-hybridized carbons (Fsp3) is 0.529. The van der Waals surface area contributed by atoms with E-state index in [2.05, 4.69) is 10.1 Å². The van der Waals surface area contributed by atoms with E-state index in [-0.39, 0.29) is 18.3 Å². The fourth-order valence-corrected chi connectivity index (χ4v) is 2.68. The van der Waals surface area contributed by atoms with Gasteiger partial charge in [-0.15, -0.1) is 12.4 Å². The lowest BCUT2D eigenvalue weighted by Gasteiger charge is -2.29. The first-order valence-electron chi connectivity index (χ1n) is 7.89. The van der Waals surface area contributed by atoms with Crippen LogP contribution in [0.5, 0.6) is 0 Å². The molecule has 1 N–H and O–H groups in total. The van der Waals surface area contributed by atoms with Crippen LogP contribution in [-0.4, -0.2) is 61.6 Å². The summed E-state index contributed by atoms with van der Waals surface area (Å²) in [6.45, 7) is 3.01. The molecule has 1 aromatic rings. The Morgan fingerprint density at radius 1 is 1.38 bits per heavy atom. The van der Waals surface area contributed by atoms with Crippen molar-refractivity contribution in [3.8, 4) is 0 Å². The van der Waals surface area contributed by atoms with Crippen molar-refractivity contribution in [2.75, 3.05) is 40.0 Å². The van der Waals surface area contributed by atoms with Gasteiger partial charge in [0.2, 0.25) is 0 Å². The van der Waals surface area contributed by atoms with E-state index in [0.29, 0.717) is 26.3 Å². The summed E-state index contributed by atoms with van der Waals surface area (Å²) in [5.41, 5.74) is 1.72. The molecule has 24 heavy (non-hydrogen) atoms. The third-order valence-electron chi connectivity index (χ3n) is 3.92. The van der Waals surface area contributed by atoms with E-state index in [1.54, 1.807) is 7.11 Å². The molecule has 0 saturated carbocycles. The minimum Gasteiger partial charge on any atom is -0.481 e. The summed E-state index contributed by atoms with van der Waals surface area (Å²) in [5.74, 6) is -0.972. The van der Waals surface area contributed by atoms with Gasteiger partial charge in [-0.05, 0) is 19.4 Å². The van der Waals surface area contributed by atoms with Crippen LogP contribution in [0.25, 0.3) is 0 Å². The number of benzene rings is 1. The molecule has 1 aliphatic rings. The van der Waals surface area contributed by atoms with Gasteiger partial charge in [0.25, 0.3) is 0 Å². The third-order valence-corrected chi connectivity index (χ3v) is 3.92. The molecule has 0 bridgehead atoms. The Morgan fingerprint density at radius 3 is 2.79 bits per heavy atom. The SMILES string of the molecule is COCC(=NOCCN1CCC[C@@H](C(=O)O)C1)c1ccccc1.Cl. The molecule has 0 aliphatic carbocycles. The minimum absolute atomic E-state index is 0. The number of hydrogen-bond donors (Lipinski definition) is 1. The van der Waals surface area contributed by atoms with Crippen molar-refractivity contribution in [2.45, 2.75) is 12.8 Å². The maximum Gasteiger partial charge on any atom is 0.307 e. The number of ether oxygens (including phenoxy) is 1. The van der Waals surface area contributed by atoms with Crippen LogP contribution < -0.4 is 0 Å². The maximum atomic E-state index is 11.1. The molecule has 2 rings (SSSR count). The van der Waals surface area contributed by atoms with Crippen LogP contribution in [0, 0.1) is 5.92 Å². The minimum atomic E-state index is -0.708. The summed E-state index contributed by atoms with van der Waals surface area (Å²) in [5, 5.41) is 13.3. The Bertz CT molecular complexity index is 525. The Morgan fingerprint density at radius 2 is 2.12 bits per heavy atom. The Kier molecular flexibility index (Phi) is 9.37. The van der Waals surface area contributed by atoms with Crippen LogP contribution in [-0.2, 0) is 14.4 Å². The van der Waals surface area contributed by atoms with Crippen LogP contribution in [0.1, 0.15) is 18.4 Å². The van der Waals surface area contributed by atoms with Gasteiger partial charge in [0.15, 0.2) is 0 Å². The summed E-state index contributed by atoms with van der Waals surface area (Å²) in [4.78, 5) is 18.6. The van der Waals surface area contributed by atoms with Gasteiger partial charge < -0.3 is 14.7 Å². The molecule has 1 heterocycles. The number of oxime groups is 1. The van der Waals surface area contributed by atoms with Crippen molar-refractivity contribution in [1.29, 1.82) is 0 Å². The lowest BCUT2D eigenvalue weighted by atomic mass is 9.98. The smallest absolute Gasteiger partial charge is 0.307 e. The van der Waals surface area contributed by atoms with E-state index >= 15 is 0 Å².